The quantitative estimate of drug-likeness (QED) is 0.534. The Morgan fingerprint density at radius 2 is 2.12 bits per heavy atom. The van der Waals surface area contributed by atoms with Crippen LogP contribution in [0.1, 0.15) is 21.8 Å². The highest BCUT2D eigenvalue weighted by atomic mass is 32.1. The van der Waals surface area contributed by atoms with Gasteiger partial charge in [0.05, 0.1) is 20.8 Å². The van der Waals surface area contributed by atoms with Gasteiger partial charge in [-0.1, -0.05) is 12.1 Å². The molecule has 0 atom stereocenters. The molecule has 0 saturated carbocycles. The minimum absolute atomic E-state index is 0.112. The monoisotopic (exact) mass is 363 g/mol. The second kappa shape index (κ2) is 7.45. The van der Waals surface area contributed by atoms with Gasteiger partial charge in [0.15, 0.2) is 0 Å². The van der Waals surface area contributed by atoms with Gasteiger partial charge in [-0.3, -0.25) is 9.36 Å². The lowest BCUT2D eigenvalue weighted by Crippen LogP contribution is -2.24. The van der Waals surface area contributed by atoms with E-state index in [0.29, 0.717) is 12.1 Å². The van der Waals surface area contributed by atoms with E-state index in [0.717, 1.165) is 29.2 Å². The maximum atomic E-state index is 12.2. The molecule has 7 heteroatoms. The number of aromatic nitrogens is 4. The molecule has 130 valence electrons. The highest BCUT2D eigenvalue weighted by Gasteiger charge is 2.07. The SMILES string of the molecule is O=C(NCCCc1nc2ccccc2s1)c1ccc(-n2ccnc2)nc1. The first-order valence-electron chi connectivity index (χ1n) is 8.36. The molecule has 0 saturated heterocycles. The summed E-state index contributed by atoms with van der Waals surface area (Å²) in [4.78, 5) is 25.1. The molecule has 0 aliphatic heterocycles. The first-order valence-corrected chi connectivity index (χ1v) is 9.18. The van der Waals surface area contributed by atoms with Gasteiger partial charge in [-0.2, -0.15) is 0 Å². The van der Waals surface area contributed by atoms with E-state index in [1.54, 1.807) is 46.8 Å². The van der Waals surface area contributed by atoms with E-state index >= 15 is 0 Å². The summed E-state index contributed by atoms with van der Waals surface area (Å²) in [6, 6.07) is 11.7. The number of hydrogen-bond donors (Lipinski definition) is 1. The molecule has 1 aromatic carbocycles. The van der Waals surface area contributed by atoms with Crippen LogP contribution in [0.15, 0.2) is 61.3 Å². The van der Waals surface area contributed by atoms with Gasteiger partial charge in [-0.25, -0.2) is 15.0 Å². The number of thiazole rings is 1. The normalized spacial score (nSPS) is 10.9. The van der Waals surface area contributed by atoms with Crippen LogP contribution < -0.4 is 5.32 Å². The summed E-state index contributed by atoms with van der Waals surface area (Å²) in [6.07, 6.45) is 8.46. The Morgan fingerprint density at radius 1 is 1.19 bits per heavy atom. The lowest BCUT2D eigenvalue weighted by molar-refractivity contribution is 0.0953. The Hall–Kier alpha value is -3.06. The minimum Gasteiger partial charge on any atom is -0.352 e. The van der Waals surface area contributed by atoms with Crippen molar-refractivity contribution in [2.24, 2.45) is 0 Å². The summed E-state index contributed by atoms with van der Waals surface area (Å²) >= 11 is 1.71. The van der Waals surface area contributed by atoms with Gasteiger partial charge in [0.2, 0.25) is 0 Å². The predicted octanol–water partition coefficient (Wildman–Crippen LogP) is 3.24. The summed E-state index contributed by atoms with van der Waals surface area (Å²) in [5, 5.41) is 4.04. The molecule has 26 heavy (non-hydrogen) atoms. The lowest BCUT2D eigenvalue weighted by atomic mass is 10.2. The third-order valence-electron chi connectivity index (χ3n) is 3.97. The van der Waals surface area contributed by atoms with Crippen LogP contribution in [0, 0.1) is 0 Å². The van der Waals surface area contributed by atoms with Gasteiger partial charge in [-0.15, -0.1) is 11.3 Å². The van der Waals surface area contributed by atoms with Gasteiger partial charge in [0, 0.05) is 31.6 Å². The third-order valence-corrected chi connectivity index (χ3v) is 5.07. The first-order chi connectivity index (χ1) is 12.8. The molecular formula is C19H17N5OS. The number of hydrogen-bond acceptors (Lipinski definition) is 5. The zero-order valence-electron chi connectivity index (χ0n) is 14.0. The van der Waals surface area contributed by atoms with Crippen molar-refractivity contribution in [3.63, 3.8) is 0 Å². The van der Waals surface area contributed by atoms with Gasteiger partial charge in [-0.05, 0) is 30.7 Å². The van der Waals surface area contributed by atoms with Gasteiger partial charge < -0.3 is 5.32 Å². The zero-order chi connectivity index (χ0) is 17.8. The average Bonchev–Trinajstić information content (AvgIpc) is 3.34. The standard InChI is InChI=1S/C19H17N5OS/c25-19(14-7-8-17(22-12-14)24-11-10-20-13-24)21-9-3-6-18-23-15-4-1-2-5-16(15)26-18/h1-2,4-5,7-8,10-13H,3,6,9H2,(H,21,25). The summed E-state index contributed by atoms with van der Waals surface area (Å²) in [5.41, 5.74) is 1.59. The maximum Gasteiger partial charge on any atom is 0.252 e. The molecule has 4 aromatic rings. The summed E-state index contributed by atoms with van der Waals surface area (Å²) in [5.74, 6) is 0.619. The van der Waals surface area contributed by atoms with E-state index in [4.69, 9.17) is 0 Å². The molecule has 3 heterocycles. The average molecular weight is 363 g/mol. The molecule has 1 N–H and O–H groups in total. The van der Waals surface area contributed by atoms with Crippen LogP contribution >= 0.6 is 11.3 Å². The van der Waals surface area contributed by atoms with Crippen molar-refractivity contribution in [3.05, 3.63) is 71.9 Å². The number of nitrogens with zero attached hydrogens (tertiary/aromatic N) is 4. The number of pyridine rings is 1. The molecule has 4 rings (SSSR count). The smallest absolute Gasteiger partial charge is 0.252 e. The Balaban J connectivity index is 1.28. The van der Waals surface area contributed by atoms with Crippen molar-refractivity contribution < 1.29 is 4.79 Å². The maximum absolute atomic E-state index is 12.2. The number of nitrogens with one attached hydrogen (secondary N) is 1. The van der Waals surface area contributed by atoms with Crippen LogP contribution in [0.5, 0.6) is 0 Å². The number of rotatable bonds is 6. The zero-order valence-corrected chi connectivity index (χ0v) is 14.8. The molecule has 0 aliphatic carbocycles. The van der Waals surface area contributed by atoms with Gasteiger partial charge in [0.1, 0.15) is 12.1 Å². The number of carbonyl (C=O) groups is 1. The topological polar surface area (TPSA) is 72.7 Å². The molecule has 0 radical (unpaired) electrons. The Bertz CT molecular complexity index is 975. The minimum atomic E-state index is -0.112. The molecule has 1 amide bonds. The van der Waals surface area contributed by atoms with Crippen molar-refractivity contribution in [1.29, 1.82) is 0 Å². The summed E-state index contributed by atoms with van der Waals surface area (Å²) in [7, 11) is 0. The van der Waals surface area contributed by atoms with Crippen molar-refractivity contribution in [3.8, 4) is 5.82 Å². The second-order valence-corrected chi connectivity index (χ2v) is 6.93. The van der Waals surface area contributed by atoms with Crippen LogP contribution in [-0.2, 0) is 6.42 Å². The van der Waals surface area contributed by atoms with Crippen molar-refractivity contribution in [2.45, 2.75) is 12.8 Å². The number of imidazole rings is 1. The third kappa shape index (κ3) is 3.62. The van der Waals surface area contributed by atoms with E-state index in [9.17, 15) is 4.79 Å². The van der Waals surface area contributed by atoms with E-state index in [1.807, 2.05) is 24.4 Å². The van der Waals surface area contributed by atoms with E-state index in [2.05, 4.69) is 26.3 Å². The lowest BCUT2D eigenvalue weighted by Gasteiger charge is -2.05. The number of aryl methyl sites for hydroxylation is 1. The molecule has 0 spiro atoms. The highest BCUT2D eigenvalue weighted by molar-refractivity contribution is 7.18. The molecule has 6 nitrogen and oxygen atoms in total. The Labute approximate surface area is 154 Å². The van der Waals surface area contributed by atoms with Crippen LogP contribution in [0.4, 0.5) is 0 Å². The van der Waals surface area contributed by atoms with Crippen LogP contribution in [0.25, 0.3) is 16.0 Å². The van der Waals surface area contributed by atoms with Crippen molar-refractivity contribution in [2.75, 3.05) is 6.54 Å². The highest BCUT2D eigenvalue weighted by Crippen LogP contribution is 2.22. The van der Waals surface area contributed by atoms with Gasteiger partial charge in [0.25, 0.3) is 5.91 Å². The summed E-state index contributed by atoms with van der Waals surface area (Å²) < 4.78 is 3.00. The van der Waals surface area contributed by atoms with Crippen LogP contribution in [0.2, 0.25) is 0 Å². The Morgan fingerprint density at radius 3 is 2.88 bits per heavy atom. The predicted molar refractivity (Wildman–Crippen MR) is 102 cm³/mol. The molecular weight excluding hydrogens is 346 g/mol. The Kier molecular flexibility index (Phi) is 4.70. The summed E-state index contributed by atoms with van der Waals surface area (Å²) in [6.45, 7) is 0.609. The second-order valence-electron chi connectivity index (χ2n) is 5.81. The number of carbonyl (C=O) groups excluding carboxylic acids is 1. The van der Waals surface area contributed by atoms with E-state index in [-0.39, 0.29) is 5.91 Å². The fourth-order valence-electron chi connectivity index (χ4n) is 2.64. The number of para-hydroxylation sites is 1. The first kappa shape index (κ1) is 16.4. The van der Waals surface area contributed by atoms with Crippen LogP contribution in [0.3, 0.4) is 0 Å². The number of amides is 1. The molecule has 0 bridgehead atoms. The molecule has 3 aromatic heterocycles. The molecule has 0 aliphatic rings. The van der Waals surface area contributed by atoms with E-state index < -0.39 is 0 Å². The van der Waals surface area contributed by atoms with Gasteiger partial charge >= 0.3 is 0 Å². The van der Waals surface area contributed by atoms with Crippen LogP contribution in [-0.4, -0.2) is 32.0 Å². The van der Waals surface area contributed by atoms with Crippen molar-refractivity contribution >= 4 is 27.5 Å². The number of fused-ring (bicyclic) bond motifs is 1. The number of benzene rings is 1. The van der Waals surface area contributed by atoms with Crippen molar-refractivity contribution in [1.82, 2.24) is 24.8 Å². The largest absolute Gasteiger partial charge is 0.352 e. The fraction of sp³-hybridized carbons (Fsp3) is 0.158. The molecule has 0 fully saturated rings. The molecule has 0 unspecified atom stereocenters. The fourth-order valence-corrected chi connectivity index (χ4v) is 3.65. The van der Waals surface area contributed by atoms with E-state index in [1.165, 1.54) is 4.70 Å².